The number of ether oxygens (including phenoxy) is 1. The predicted octanol–water partition coefficient (Wildman–Crippen LogP) is 2.21. The molecule has 100 valence electrons. The maximum absolute atomic E-state index is 13.6. The molecule has 0 bridgehead atoms. The minimum absolute atomic E-state index is 0.0247. The number of halogens is 1. The highest BCUT2D eigenvalue weighted by atomic mass is 19.1. The van der Waals surface area contributed by atoms with Crippen molar-refractivity contribution in [3.05, 3.63) is 29.6 Å². The van der Waals surface area contributed by atoms with Gasteiger partial charge in [-0.25, -0.2) is 4.39 Å². The van der Waals surface area contributed by atoms with Gasteiger partial charge in [-0.3, -0.25) is 4.79 Å². The van der Waals surface area contributed by atoms with Crippen LogP contribution in [-0.4, -0.2) is 31.0 Å². The topological polar surface area (TPSA) is 53.3 Å². The van der Waals surface area contributed by atoms with E-state index < -0.39 is 5.82 Å². The summed E-state index contributed by atoms with van der Waals surface area (Å²) in [6.07, 6.45) is 1.36. The highest BCUT2D eigenvalue weighted by Gasteiger charge is 2.23. The van der Waals surface area contributed by atoms with Crippen LogP contribution in [0.15, 0.2) is 18.2 Å². The molecule has 0 N–H and O–H groups in total. The van der Waals surface area contributed by atoms with E-state index in [-0.39, 0.29) is 17.6 Å². The van der Waals surface area contributed by atoms with Crippen molar-refractivity contribution < 1.29 is 13.9 Å². The first-order valence-corrected chi connectivity index (χ1v) is 6.18. The van der Waals surface area contributed by atoms with Gasteiger partial charge in [-0.05, 0) is 31.0 Å². The minimum Gasteiger partial charge on any atom is -0.494 e. The lowest BCUT2D eigenvalue weighted by Crippen LogP contribution is -2.38. The third-order valence-electron chi connectivity index (χ3n) is 3.36. The van der Waals surface area contributed by atoms with Gasteiger partial charge in [-0.2, -0.15) is 5.26 Å². The van der Waals surface area contributed by atoms with Crippen LogP contribution < -0.4 is 4.74 Å². The van der Waals surface area contributed by atoms with Crippen molar-refractivity contribution in [2.45, 2.75) is 12.8 Å². The number of nitrogens with zero attached hydrogens (tertiary/aromatic N) is 2. The summed E-state index contributed by atoms with van der Waals surface area (Å²) < 4.78 is 18.4. The Kier molecular flexibility index (Phi) is 4.00. The van der Waals surface area contributed by atoms with Gasteiger partial charge in [0, 0.05) is 24.6 Å². The van der Waals surface area contributed by atoms with E-state index in [0.717, 1.165) is 0 Å². The summed E-state index contributed by atoms with van der Waals surface area (Å²) in [5.74, 6) is -0.588. The summed E-state index contributed by atoms with van der Waals surface area (Å²) in [5, 5.41) is 8.81. The molecule has 1 saturated heterocycles. The molecular weight excluding hydrogens is 247 g/mol. The summed E-state index contributed by atoms with van der Waals surface area (Å²) in [6.45, 7) is 1.09. The van der Waals surface area contributed by atoms with E-state index >= 15 is 0 Å². The van der Waals surface area contributed by atoms with E-state index in [1.54, 1.807) is 11.0 Å². The number of hydrogen-bond donors (Lipinski definition) is 0. The number of piperidine rings is 1. The van der Waals surface area contributed by atoms with Crippen LogP contribution in [0, 0.1) is 23.1 Å². The zero-order chi connectivity index (χ0) is 13.8. The Balaban J connectivity index is 2.08. The molecule has 0 unspecified atom stereocenters. The fourth-order valence-corrected chi connectivity index (χ4v) is 2.19. The molecule has 0 aliphatic carbocycles. The average Bonchev–Trinajstić information content (AvgIpc) is 2.46. The van der Waals surface area contributed by atoms with Crippen molar-refractivity contribution >= 4 is 5.91 Å². The number of methoxy groups -OCH3 is 1. The number of carbonyl (C=O) groups excluding carboxylic acids is 1. The van der Waals surface area contributed by atoms with Crippen molar-refractivity contribution in [1.29, 1.82) is 5.26 Å². The highest BCUT2D eigenvalue weighted by Crippen LogP contribution is 2.21. The van der Waals surface area contributed by atoms with Gasteiger partial charge in [0.05, 0.1) is 13.2 Å². The van der Waals surface area contributed by atoms with Gasteiger partial charge < -0.3 is 9.64 Å². The van der Waals surface area contributed by atoms with Crippen LogP contribution in [0.2, 0.25) is 0 Å². The standard InChI is InChI=1S/C14H15FN2O2/c1-19-13-3-2-11(8-12(13)15)14(18)17-6-4-10(9-16)5-7-17/h2-3,8,10H,4-7H2,1H3. The fraction of sp³-hybridized carbons (Fsp3) is 0.429. The van der Waals surface area contributed by atoms with Crippen molar-refractivity contribution in [3.8, 4) is 11.8 Å². The van der Waals surface area contributed by atoms with Gasteiger partial charge in [-0.1, -0.05) is 0 Å². The smallest absolute Gasteiger partial charge is 0.253 e. The molecule has 4 nitrogen and oxygen atoms in total. The van der Waals surface area contributed by atoms with E-state index in [1.807, 2.05) is 0 Å². The van der Waals surface area contributed by atoms with E-state index in [2.05, 4.69) is 6.07 Å². The number of benzene rings is 1. The van der Waals surface area contributed by atoms with Gasteiger partial charge in [0.2, 0.25) is 0 Å². The summed E-state index contributed by atoms with van der Waals surface area (Å²) in [5.41, 5.74) is 0.314. The Morgan fingerprint density at radius 1 is 1.47 bits per heavy atom. The zero-order valence-electron chi connectivity index (χ0n) is 10.7. The third-order valence-corrected chi connectivity index (χ3v) is 3.36. The molecule has 2 rings (SSSR count). The largest absolute Gasteiger partial charge is 0.494 e. The van der Waals surface area contributed by atoms with E-state index in [4.69, 9.17) is 10.00 Å². The SMILES string of the molecule is COc1ccc(C(=O)N2CCC(C#N)CC2)cc1F. The first kappa shape index (κ1) is 13.3. The molecule has 1 aromatic rings. The lowest BCUT2D eigenvalue weighted by Gasteiger charge is -2.29. The number of nitriles is 1. The lowest BCUT2D eigenvalue weighted by molar-refractivity contribution is 0.0706. The zero-order valence-corrected chi connectivity index (χ0v) is 10.7. The molecule has 1 heterocycles. The van der Waals surface area contributed by atoms with E-state index in [9.17, 15) is 9.18 Å². The molecule has 1 amide bonds. The van der Waals surface area contributed by atoms with Gasteiger partial charge in [0.1, 0.15) is 0 Å². The predicted molar refractivity (Wildman–Crippen MR) is 67.2 cm³/mol. The van der Waals surface area contributed by atoms with Gasteiger partial charge >= 0.3 is 0 Å². The molecule has 0 atom stereocenters. The molecular formula is C14H15FN2O2. The van der Waals surface area contributed by atoms with E-state index in [0.29, 0.717) is 31.5 Å². The molecule has 1 aromatic carbocycles. The van der Waals surface area contributed by atoms with Crippen molar-refractivity contribution in [2.75, 3.05) is 20.2 Å². The lowest BCUT2D eigenvalue weighted by atomic mass is 9.98. The molecule has 1 fully saturated rings. The van der Waals surface area contributed by atoms with Gasteiger partial charge in [-0.15, -0.1) is 0 Å². The first-order valence-electron chi connectivity index (χ1n) is 6.18. The van der Waals surface area contributed by atoms with E-state index in [1.165, 1.54) is 19.2 Å². The van der Waals surface area contributed by atoms with Crippen LogP contribution in [0.4, 0.5) is 4.39 Å². The minimum atomic E-state index is -0.541. The average molecular weight is 262 g/mol. The van der Waals surface area contributed by atoms with Crippen LogP contribution in [-0.2, 0) is 0 Å². The Bertz CT molecular complexity index is 517. The van der Waals surface area contributed by atoms with Crippen LogP contribution >= 0.6 is 0 Å². The molecule has 19 heavy (non-hydrogen) atoms. The van der Waals surface area contributed by atoms with Gasteiger partial charge in [0.25, 0.3) is 5.91 Å². The Morgan fingerprint density at radius 2 is 2.16 bits per heavy atom. The molecule has 5 heteroatoms. The van der Waals surface area contributed by atoms with Crippen LogP contribution in [0.25, 0.3) is 0 Å². The van der Waals surface area contributed by atoms with Crippen molar-refractivity contribution in [2.24, 2.45) is 5.92 Å². The maximum Gasteiger partial charge on any atom is 0.253 e. The molecule has 0 aromatic heterocycles. The maximum atomic E-state index is 13.6. The second-order valence-corrected chi connectivity index (χ2v) is 4.54. The summed E-state index contributed by atoms with van der Waals surface area (Å²) in [4.78, 5) is 13.8. The second kappa shape index (κ2) is 5.70. The quantitative estimate of drug-likeness (QED) is 0.821. The van der Waals surface area contributed by atoms with Crippen LogP contribution in [0.1, 0.15) is 23.2 Å². The fourth-order valence-electron chi connectivity index (χ4n) is 2.19. The second-order valence-electron chi connectivity index (χ2n) is 4.54. The van der Waals surface area contributed by atoms with Crippen molar-refractivity contribution in [3.63, 3.8) is 0 Å². The number of rotatable bonds is 2. The number of carbonyl (C=O) groups is 1. The molecule has 1 aliphatic rings. The highest BCUT2D eigenvalue weighted by molar-refractivity contribution is 5.94. The Morgan fingerprint density at radius 3 is 2.68 bits per heavy atom. The van der Waals surface area contributed by atoms with Gasteiger partial charge in [0.15, 0.2) is 11.6 Å². The summed E-state index contributed by atoms with van der Waals surface area (Å²) in [6, 6.07) is 6.41. The first-order chi connectivity index (χ1) is 9.15. The molecule has 1 aliphatic heterocycles. The Hall–Kier alpha value is -2.09. The number of hydrogen-bond acceptors (Lipinski definition) is 3. The monoisotopic (exact) mass is 262 g/mol. The molecule has 0 radical (unpaired) electrons. The Labute approximate surface area is 111 Å². The number of amides is 1. The summed E-state index contributed by atoms with van der Waals surface area (Å²) in [7, 11) is 1.38. The van der Waals surface area contributed by atoms with Crippen LogP contribution in [0.3, 0.4) is 0 Å². The molecule has 0 spiro atoms. The normalized spacial score (nSPS) is 15.9. The van der Waals surface area contributed by atoms with Crippen LogP contribution in [0.5, 0.6) is 5.75 Å². The molecule has 0 saturated carbocycles. The summed E-state index contributed by atoms with van der Waals surface area (Å²) >= 11 is 0. The third kappa shape index (κ3) is 2.84. The van der Waals surface area contributed by atoms with Crippen molar-refractivity contribution in [1.82, 2.24) is 4.90 Å². The number of likely N-dealkylation sites (tertiary alicyclic amines) is 1.